The van der Waals surface area contributed by atoms with Crippen LogP contribution < -0.4 is 4.74 Å². The number of nitrogens with zero attached hydrogens (tertiary/aromatic N) is 2. The average Bonchev–Trinajstić information content (AvgIpc) is 2.28. The van der Waals surface area contributed by atoms with E-state index in [-0.39, 0.29) is 0 Å². The summed E-state index contributed by atoms with van der Waals surface area (Å²) in [5.74, 6) is 0.825. The molecule has 4 heteroatoms. The van der Waals surface area contributed by atoms with Crippen molar-refractivity contribution in [2.45, 2.75) is 6.54 Å². The first-order chi connectivity index (χ1) is 8.08. The molecule has 1 aliphatic heterocycles. The van der Waals surface area contributed by atoms with Crippen LogP contribution in [-0.4, -0.2) is 36.1 Å². The van der Waals surface area contributed by atoms with Crippen molar-refractivity contribution in [3.8, 4) is 5.75 Å². The average molecular weight is 248 g/mol. The molecule has 0 aromatic heterocycles. The quantitative estimate of drug-likeness (QED) is 0.708. The Kier molecular flexibility index (Phi) is 3.33. The molecule has 0 amide bonds. The summed E-state index contributed by atoms with van der Waals surface area (Å²) in [6, 6.07) is 6.06. The molecule has 17 heavy (non-hydrogen) atoms. The van der Waals surface area contributed by atoms with Gasteiger partial charge >= 0.3 is 0 Å². The second-order valence-corrected chi connectivity index (χ2v) is 4.67. The van der Waals surface area contributed by atoms with Crippen LogP contribution in [-0.2, 0) is 6.54 Å². The van der Waals surface area contributed by atoms with Crippen LogP contribution in [0.15, 0.2) is 24.4 Å². The first kappa shape index (κ1) is 11.9. The second kappa shape index (κ2) is 4.75. The maximum absolute atomic E-state index is 5.70. The van der Waals surface area contributed by atoms with E-state index in [0.717, 1.165) is 17.9 Å². The van der Waals surface area contributed by atoms with E-state index in [9.17, 15) is 0 Å². The summed E-state index contributed by atoms with van der Waals surface area (Å²) < 4.78 is 5.70. The van der Waals surface area contributed by atoms with E-state index in [0.29, 0.717) is 5.17 Å². The van der Waals surface area contributed by atoms with Gasteiger partial charge in [-0.1, -0.05) is 12.1 Å². The maximum atomic E-state index is 5.70. The summed E-state index contributed by atoms with van der Waals surface area (Å²) in [5.41, 5.74) is 2.38. The fraction of sp³-hybridized carbons (Fsp3) is 0.308. The summed E-state index contributed by atoms with van der Waals surface area (Å²) >= 11 is 5.16. The smallest absolute Gasteiger partial charge is 0.264 e. The summed E-state index contributed by atoms with van der Waals surface area (Å²) in [7, 11) is 5.81. The van der Waals surface area contributed by atoms with Gasteiger partial charge in [0.1, 0.15) is 5.75 Å². The molecule has 0 spiro atoms. The van der Waals surface area contributed by atoms with Crippen molar-refractivity contribution in [2.75, 3.05) is 21.1 Å². The van der Waals surface area contributed by atoms with Gasteiger partial charge in [-0.15, -0.1) is 0 Å². The van der Waals surface area contributed by atoms with Gasteiger partial charge in [0.05, 0.1) is 0 Å². The Morgan fingerprint density at radius 1 is 1.41 bits per heavy atom. The lowest BCUT2D eigenvalue weighted by molar-refractivity contribution is 0.433. The zero-order valence-corrected chi connectivity index (χ0v) is 11.1. The molecule has 1 aromatic rings. The minimum absolute atomic E-state index is 0.478. The van der Waals surface area contributed by atoms with Gasteiger partial charge in [0.25, 0.3) is 5.17 Å². The molecule has 1 heterocycles. The molecule has 0 fully saturated rings. The highest BCUT2D eigenvalue weighted by molar-refractivity contribution is 7.80. The molecule has 0 unspecified atom stereocenters. The predicted octanol–water partition coefficient (Wildman–Crippen LogP) is 2.33. The largest absolute Gasteiger partial charge is 0.431 e. The zero-order valence-electron chi connectivity index (χ0n) is 10.3. The lowest BCUT2D eigenvalue weighted by atomic mass is 10.0. The molecule has 0 saturated heterocycles. The van der Waals surface area contributed by atoms with Gasteiger partial charge < -0.3 is 14.5 Å². The van der Waals surface area contributed by atoms with Gasteiger partial charge in [0.15, 0.2) is 0 Å². The van der Waals surface area contributed by atoms with Crippen molar-refractivity contribution >= 4 is 23.5 Å². The van der Waals surface area contributed by atoms with Crippen LogP contribution in [0.3, 0.4) is 0 Å². The van der Waals surface area contributed by atoms with Crippen molar-refractivity contribution in [3.63, 3.8) is 0 Å². The predicted molar refractivity (Wildman–Crippen MR) is 73.9 cm³/mol. The molecule has 1 aromatic carbocycles. The van der Waals surface area contributed by atoms with Gasteiger partial charge in [-0.25, -0.2) is 0 Å². The Balaban J connectivity index is 2.29. The van der Waals surface area contributed by atoms with Gasteiger partial charge in [-0.05, 0) is 36.1 Å². The number of thiocarbonyl (C=S) groups is 1. The number of hydrogen-bond donors (Lipinski definition) is 0. The number of rotatable bonds is 1. The third kappa shape index (κ3) is 2.58. The van der Waals surface area contributed by atoms with Crippen molar-refractivity contribution < 1.29 is 4.74 Å². The Hall–Kier alpha value is -1.55. The summed E-state index contributed by atoms with van der Waals surface area (Å²) in [6.07, 6.45) is 4.11. The molecule has 0 atom stereocenters. The van der Waals surface area contributed by atoms with E-state index in [1.165, 1.54) is 5.56 Å². The Bertz CT molecular complexity index is 468. The van der Waals surface area contributed by atoms with Crippen LogP contribution in [0.1, 0.15) is 11.1 Å². The van der Waals surface area contributed by atoms with Gasteiger partial charge in [-0.3, -0.25) is 0 Å². The molecule has 0 aliphatic carbocycles. The minimum Gasteiger partial charge on any atom is -0.431 e. The van der Waals surface area contributed by atoms with E-state index < -0.39 is 0 Å². The van der Waals surface area contributed by atoms with E-state index >= 15 is 0 Å². The molecular formula is C13H16N2OS. The Morgan fingerprint density at radius 2 is 2.18 bits per heavy atom. The standard InChI is InChI=1S/C13H16N2OS/c1-14(2)13(17)16-12-6-4-5-10-9-15(3)8-7-11(10)12/h4-8H,9H2,1-3H3. The van der Waals surface area contributed by atoms with Crippen molar-refractivity contribution in [2.24, 2.45) is 0 Å². The summed E-state index contributed by atoms with van der Waals surface area (Å²) in [4.78, 5) is 3.92. The summed E-state index contributed by atoms with van der Waals surface area (Å²) in [6.45, 7) is 0.901. The van der Waals surface area contributed by atoms with Crippen molar-refractivity contribution in [1.82, 2.24) is 9.80 Å². The van der Waals surface area contributed by atoms with E-state index in [4.69, 9.17) is 17.0 Å². The Labute approximate surface area is 107 Å². The van der Waals surface area contributed by atoms with Crippen LogP contribution in [0.25, 0.3) is 6.08 Å². The number of benzene rings is 1. The van der Waals surface area contributed by atoms with E-state index in [1.54, 1.807) is 4.90 Å². The minimum atomic E-state index is 0.478. The fourth-order valence-corrected chi connectivity index (χ4v) is 1.80. The highest BCUT2D eigenvalue weighted by atomic mass is 32.1. The molecule has 3 nitrogen and oxygen atoms in total. The Morgan fingerprint density at radius 3 is 2.88 bits per heavy atom. The van der Waals surface area contributed by atoms with Crippen LogP contribution in [0.4, 0.5) is 0 Å². The fourth-order valence-electron chi connectivity index (χ4n) is 1.71. The molecule has 0 radical (unpaired) electrons. The van der Waals surface area contributed by atoms with E-state index in [2.05, 4.69) is 24.1 Å². The number of hydrogen-bond acceptors (Lipinski definition) is 3. The number of fused-ring (bicyclic) bond motifs is 1. The normalized spacial score (nSPS) is 13.2. The third-order valence-electron chi connectivity index (χ3n) is 2.63. The van der Waals surface area contributed by atoms with Crippen LogP contribution in [0, 0.1) is 0 Å². The van der Waals surface area contributed by atoms with Crippen LogP contribution >= 0.6 is 12.2 Å². The summed E-state index contributed by atoms with van der Waals surface area (Å²) in [5, 5.41) is 0.478. The third-order valence-corrected chi connectivity index (χ3v) is 3.08. The van der Waals surface area contributed by atoms with Gasteiger partial charge in [0, 0.05) is 33.3 Å². The number of ether oxygens (including phenoxy) is 1. The molecule has 0 saturated carbocycles. The van der Waals surface area contributed by atoms with Crippen LogP contribution in [0.5, 0.6) is 5.75 Å². The highest BCUT2D eigenvalue weighted by Gasteiger charge is 2.13. The highest BCUT2D eigenvalue weighted by Crippen LogP contribution is 2.28. The first-order valence-electron chi connectivity index (χ1n) is 5.47. The molecule has 2 rings (SSSR count). The zero-order chi connectivity index (χ0) is 12.4. The molecule has 1 aliphatic rings. The molecule has 0 bridgehead atoms. The van der Waals surface area contributed by atoms with Crippen molar-refractivity contribution in [1.29, 1.82) is 0 Å². The SMILES string of the molecule is CN1C=Cc2c(cccc2OC(=S)N(C)C)C1. The maximum Gasteiger partial charge on any atom is 0.264 e. The van der Waals surface area contributed by atoms with Gasteiger partial charge in [0.2, 0.25) is 0 Å². The molecule has 0 N–H and O–H groups in total. The lowest BCUT2D eigenvalue weighted by Gasteiger charge is -2.23. The molecule has 90 valence electrons. The monoisotopic (exact) mass is 248 g/mol. The van der Waals surface area contributed by atoms with Crippen LogP contribution in [0.2, 0.25) is 0 Å². The first-order valence-corrected chi connectivity index (χ1v) is 5.88. The molecular weight excluding hydrogens is 232 g/mol. The van der Waals surface area contributed by atoms with Crippen molar-refractivity contribution in [3.05, 3.63) is 35.5 Å². The topological polar surface area (TPSA) is 15.7 Å². The van der Waals surface area contributed by atoms with E-state index in [1.807, 2.05) is 32.4 Å². The second-order valence-electron chi connectivity index (χ2n) is 4.32. The van der Waals surface area contributed by atoms with Gasteiger partial charge in [-0.2, -0.15) is 0 Å². The lowest BCUT2D eigenvalue weighted by Crippen LogP contribution is -2.25.